The van der Waals surface area contributed by atoms with Crippen LogP contribution in [0, 0.1) is 5.92 Å². The number of carbonyl (C=O) groups is 2. The Morgan fingerprint density at radius 2 is 1.85 bits per heavy atom. The van der Waals surface area contributed by atoms with E-state index in [4.69, 9.17) is 4.74 Å². The van der Waals surface area contributed by atoms with Crippen LogP contribution in [0.1, 0.15) is 36.7 Å². The summed E-state index contributed by atoms with van der Waals surface area (Å²) in [5.74, 6) is 0.499. The van der Waals surface area contributed by atoms with Gasteiger partial charge in [-0.2, -0.15) is 0 Å². The number of fused-ring (bicyclic) bond motifs is 1. The molecule has 3 rings (SSSR count). The van der Waals surface area contributed by atoms with E-state index in [1.807, 2.05) is 57.2 Å². The number of hydrogen-bond acceptors (Lipinski definition) is 3. The van der Waals surface area contributed by atoms with Gasteiger partial charge in [0.25, 0.3) is 5.91 Å². The Morgan fingerprint density at radius 1 is 1.15 bits per heavy atom. The highest BCUT2D eigenvalue weighted by molar-refractivity contribution is 6.03. The summed E-state index contributed by atoms with van der Waals surface area (Å²) >= 11 is 0. The van der Waals surface area contributed by atoms with Crippen molar-refractivity contribution in [2.45, 2.75) is 33.4 Å². The molecule has 2 aromatic rings. The number of benzene rings is 2. The fraction of sp³-hybridized carbons (Fsp3) is 0.333. The molecule has 5 heteroatoms. The smallest absolute Gasteiger partial charge is 0.255 e. The Bertz CT molecular complexity index is 799. The largest absolute Gasteiger partial charge is 0.494 e. The lowest BCUT2D eigenvalue weighted by Gasteiger charge is -2.30. The summed E-state index contributed by atoms with van der Waals surface area (Å²) in [6, 6.07) is 14.3. The van der Waals surface area contributed by atoms with Crippen molar-refractivity contribution in [2.75, 3.05) is 11.9 Å². The van der Waals surface area contributed by atoms with E-state index in [1.54, 1.807) is 17.0 Å². The van der Waals surface area contributed by atoms with E-state index >= 15 is 0 Å². The molecule has 5 nitrogen and oxygen atoms in total. The van der Waals surface area contributed by atoms with Gasteiger partial charge in [-0.05, 0) is 48.7 Å². The molecule has 1 aliphatic heterocycles. The van der Waals surface area contributed by atoms with Gasteiger partial charge in [0.15, 0.2) is 0 Å². The van der Waals surface area contributed by atoms with Gasteiger partial charge in [0.2, 0.25) is 5.91 Å². The van der Waals surface area contributed by atoms with Crippen molar-refractivity contribution >= 4 is 17.5 Å². The molecule has 136 valence electrons. The second-order valence-corrected chi connectivity index (χ2v) is 6.73. The Labute approximate surface area is 154 Å². The first-order valence-corrected chi connectivity index (χ1v) is 8.94. The highest BCUT2D eigenvalue weighted by atomic mass is 16.5. The van der Waals surface area contributed by atoms with Crippen LogP contribution in [0.15, 0.2) is 48.5 Å². The molecule has 0 spiro atoms. The third-order valence-electron chi connectivity index (χ3n) is 4.52. The maximum Gasteiger partial charge on any atom is 0.255 e. The van der Waals surface area contributed by atoms with Gasteiger partial charge in [0.1, 0.15) is 11.8 Å². The summed E-state index contributed by atoms with van der Waals surface area (Å²) in [5.41, 5.74) is 2.34. The molecule has 0 radical (unpaired) electrons. The third kappa shape index (κ3) is 3.57. The lowest BCUT2D eigenvalue weighted by atomic mass is 10.0. The predicted octanol–water partition coefficient (Wildman–Crippen LogP) is 3.70. The lowest BCUT2D eigenvalue weighted by molar-refractivity contribution is -0.122. The van der Waals surface area contributed by atoms with Crippen LogP contribution in [0.3, 0.4) is 0 Å². The topological polar surface area (TPSA) is 58.6 Å². The summed E-state index contributed by atoms with van der Waals surface area (Å²) in [6.07, 6.45) is 0. The zero-order valence-corrected chi connectivity index (χ0v) is 15.4. The first-order valence-electron chi connectivity index (χ1n) is 8.94. The molecule has 2 aromatic carbocycles. The summed E-state index contributed by atoms with van der Waals surface area (Å²) in [4.78, 5) is 27.3. The molecular formula is C21H24N2O3. The molecule has 0 saturated carbocycles. The molecular weight excluding hydrogens is 328 g/mol. The van der Waals surface area contributed by atoms with E-state index in [0.29, 0.717) is 24.4 Å². The molecule has 2 amide bonds. The van der Waals surface area contributed by atoms with E-state index in [-0.39, 0.29) is 17.7 Å². The van der Waals surface area contributed by atoms with Gasteiger partial charge in [-0.3, -0.25) is 9.59 Å². The number of anilines is 1. The normalized spacial score (nSPS) is 14.3. The van der Waals surface area contributed by atoms with Crippen molar-refractivity contribution in [3.8, 4) is 5.75 Å². The van der Waals surface area contributed by atoms with Gasteiger partial charge in [-0.1, -0.05) is 32.0 Å². The van der Waals surface area contributed by atoms with Crippen LogP contribution in [0.4, 0.5) is 5.69 Å². The number of nitrogens with one attached hydrogen (secondary N) is 1. The van der Waals surface area contributed by atoms with Gasteiger partial charge in [-0.15, -0.1) is 0 Å². The average molecular weight is 352 g/mol. The summed E-state index contributed by atoms with van der Waals surface area (Å²) in [6.45, 7) is 6.90. The van der Waals surface area contributed by atoms with Crippen LogP contribution in [0.25, 0.3) is 0 Å². The zero-order valence-electron chi connectivity index (χ0n) is 15.4. The first-order chi connectivity index (χ1) is 12.5. The van der Waals surface area contributed by atoms with Crippen molar-refractivity contribution in [3.63, 3.8) is 0 Å². The van der Waals surface area contributed by atoms with Crippen LogP contribution in [-0.4, -0.2) is 29.4 Å². The molecule has 1 atom stereocenters. The number of hydrogen-bond donors (Lipinski definition) is 1. The molecule has 1 N–H and O–H groups in total. The second kappa shape index (κ2) is 7.60. The number of ether oxygens (including phenoxy) is 1. The average Bonchev–Trinajstić information content (AvgIpc) is 2.94. The van der Waals surface area contributed by atoms with Crippen LogP contribution in [-0.2, 0) is 11.3 Å². The molecule has 0 aliphatic carbocycles. The fourth-order valence-corrected chi connectivity index (χ4v) is 3.32. The van der Waals surface area contributed by atoms with Crippen molar-refractivity contribution in [1.29, 1.82) is 0 Å². The lowest BCUT2D eigenvalue weighted by Crippen LogP contribution is -2.47. The Hall–Kier alpha value is -2.82. The monoisotopic (exact) mass is 352 g/mol. The summed E-state index contributed by atoms with van der Waals surface area (Å²) in [7, 11) is 0. The van der Waals surface area contributed by atoms with Gasteiger partial charge in [-0.25, -0.2) is 0 Å². The van der Waals surface area contributed by atoms with E-state index in [1.165, 1.54) is 0 Å². The molecule has 0 bridgehead atoms. The highest BCUT2D eigenvalue weighted by Gasteiger charge is 2.37. The standard InChI is InChI=1S/C21H24N2O3/c1-4-26-17-11-9-16(10-12-17)22-20(24)19(14(2)3)23-13-15-7-5-6-8-18(15)21(23)25/h5-12,14,19H,4,13H2,1-3H3,(H,22,24)/t19-/m1/s1. The number of carbonyl (C=O) groups excluding carboxylic acids is 2. The maximum absolute atomic E-state index is 12.9. The van der Waals surface area contributed by atoms with Crippen molar-refractivity contribution in [3.05, 3.63) is 59.7 Å². The minimum atomic E-state index is -0.526. The molecule has 0 unspecified atom stereocenters. The zero-order chi connectivity index (χ0) is 18.7. The van der Waals surface area contributed by atoms with Crippen LogP contribution in [0.5, 0.6) is 5.75 Å². The summed E-state index contributed by atoms with van der Waals surface area (Å²) in [5, 5.41) is 2.93. The molecule has 0 saturated heterocycles. The quantitative estimate of drug-likeness (QED) is 0.862. The van der Waals surface area contributed by atoms with Gasteiger partial charge < -0.3 is 15.0 Å². The highest BCUT2D eigenvalue weighted by Crippen LogP contribution is 2.27. The van der Waals surface area contributed by atoms with Crippen LogP contribution < -0.4 is 10.1 Å². The minimum absolute atomic E-state index is 0.00374. The van der Waals surface area contributed by atoms with E-state index in [2.05, 4.69) is 5.32 Å². The van der Waals surface area contributed by atoms with Crippen molar-refractivity contribution in [1.82, 2.24) is 4.90 Å². The molecule has 1 heterocycles. The molecule has 0 aromatic heterocycles. The Morgan fingerprint density at radius 3 is 2.46 bits per heavy atom. The number of rotatable bonds is 6. The van der Waals surface area contributed by atoms with E-state index in [0.717, 1.165) is 11.3 Å². The molecule has 1 aliphatic rings. The second-order valence-electron chi connectivity index (χ2n) is 6.73. The maximum atomic E-state index is 12.9. The van der Waals surface area contributed by atoms with Gasteiger partial charge in [0.05, 0.1) is 6.61 Å². The molecule has 26 heavy (non-hydrogen) atoms. The van der Waals surface area contributed by atoms with Crippen LogP contribution >= 0.6 is 0 Å². The predicted molar refractivity (Wildman–Crippen MR) is 101 cm³/mol. The van der Waals surface area contributed by atoms with Crippen molar-refractivity contribution in [2.24, 2.45) is 5.92 Å². The third-order valence-corrected chi connectivity index (χ3v) is 4.52. The van der Waals surface area contributed by atoms with Gasteiger partial charge >= 0.3 is 0 Å². The Kier molecular flexibility index (Phi) is 5.26. The SMILES string of the molecule is CCOc1ccc(NC(=O)[C@@H](C(C)C)N2Cc3ccccc3C2=O)cc1. The van der Waals surface area contributed by atoms with Crippen LogP contribution in [0.2, 0.25) is 0 Å². The molecule has 0 fully saturated rings. The van der Waals surface area contributed by atoms with E-state index < -0.39 is 6.04 Å². The minimum Gasteiger partial charge on any atom is -0.494 e. The number of amides is 2. The first kappa shape index (κ1) is 18.0. The van der Waals surface area contributed by atoms with E-state index in [9.17, 15) is 9.59 Å². The van der Waals surface area contributed by atoms with Gasteiger partial charge in [0, 0.05) is 17.8 Å². The Balaban J connectivity index is 1.76. The number of nitrogens with zero attached hydrogens (tertiary/aromatic N) is 1. The fourth-order valence-electron chi connectivity index (χ4n) is 3.32. The summed E-state index contributed by atoms with van der Waals surface area (Å²) < 4.78 is 5.42. The van der Waals surface area contributed by atoms with Crippen molar-refractivity contribution < 1.29 is 14.3 Å².